The molecule has 1 fully saturated rings. The van der Waals surface area contributed by atoms with Crippen LogP contribution in [0.15, 0.2) is 30.3 Å². The van der Waals surface area contributed by atoms with Gasteiger partial charge in [-0.1, -0.05) is 37.5 Å². The van der Waals surface area contributed by atoms with Crippen molar-refractivity contribution in [1.29, 1.82) is 0 Å². The summed E-state index contributed by atoms with van der Waals surface area (Å²) in [6.07, 6.45) is 5.05. The van der Waals surface area contributed by atoms with Gasteiger partial charge in [0.1, 0.15) is 6.10 Å². The second-order valence-electron chi connectivity index (χ2n) is 5.73. The first kappa shape index (κ1) is 15.0. The molecule has 110 valence electrons. The zero-order chi connectivity index (χ0) is 14.4. The highest BCUT2D eigenvalue weighted by molar-refractivity contribution is 5.93. The van der Waals surface area contributed by atoms with E-state index < -0.39 is 6.10 Å². The molecule has 1 aromatic carbocycles. The van der Waals surface area contributed by atoms with Gasteiger partial charge in [0.15, 0.2) is 0 Å². The Kier molecular flexibility index (Phi) is 5.15. The van der Waals surface area contributed by atoms with E-state index in [1.54, 1.807) is 6.92 Å². The molecule has 0 bridgehead atoms. The summed E-state index contributed by atoms with van der Waals surface area (Å²) in [5.74, 6) is -0.129. The summed E-state index contributed by atoms with van der Waals surface area (Å²) in [6.45, 7) is 2.22. The highest BCUT2D eigenvalue weighted by Crippen LogP contribution is 2.26. The molecule has 1 aromatic rings. The molecule has 1 unspecified atom stereocenters. The lowest BCUT2D eigenvalue weighted by atomic mass is 9.83. The summed E-state index contributed by atoms with van der Waals surface area (Å²) in [7, 11) is 0. The van der Waals surface area contributed by atoms with Crippen LogP contribution in [-0.2, 0) is 9.53 Å². The molecule has 0 spiro atoms. The quantitative estimate of drug-likeness (QED) is 0.869. The van der Waals surface area contributed by atoms with Gasteiger partial charge >= 0.3 is 0 Å². The maximum absolute atomic E-state index is 12.0. The minimum atomic E-state index is -0.488. The van der Waals surface area contributed by atoms with Crippen LogP contribution in [0.5, 0.6) is 0 Å². The number of hydrogen-bond donors (Lipinski definition) is 2. The lowest BCUT2D eigenvalue weighted by Gasteiger charge is -2.33. The van der Waals surface area contributed by atoms with Gasteiger partial charge in [-0.05, 0) is 31.9 Å². The van der Waals surface area contributed by atoms with Gasteiger partial charge in [0.05, 0.1) is 6.61 Å². The van der Waals surface area contributed by atoms with E-state index >= 15 is 0 Å². The Labute approximate surface area is 120 Å². The fraction of sp³-hybridized carbons (Fsp3) is 0.562. The third kappa shape index (κ3) is 4.32. The van der Waals surface area contributed by atoms with E-state index in [1.807, 2.05) is 30.3 Å². The minimum absolute atomic E-state index is 0.129. The lowest BCUT2D eigenvalue weighted by Crippen LogP contribution is -2.47. The molecule has 20 heavy (non-hydrogen) atoms. The molecule has 0 radical (unpaired) electrons. The van der Waals surface area contributed by atoms with Crippen molar-refractivity contribution in [2.75, 3.05) is 11.9 Å². The fourth-order valence-corrected chi connectivity index (χ4v) is 2.53. The molecule has 1 amide bonds. The van der Waals surface area contributed by atoms with Crippen molar-refractivity contribution in [3.05, 3.63) is 30.3 Å². The van der Waals surface area contributed by atoms with Gasteiger partial charge in [-0.3, -0.25) is 4.79 Å². The Morgan fingerprint density at radius 2 is 1.95 bits per heavy atom. The van der Waals surface area contributed by atoms with Gasteiger partial charge in [0.25, 0.3) is 5.91 Å². The fourth-order valence-electron chi connectivity index (χ4n) is 2.53. The van der Waals surface area contributed by atoms with Crippen molar-refractivity contribution in [2.24, 2.45) is 5.73 Å². The number of ether oxygens (including phenoxy) is 1. The van der Waals surface area contributed by atoms with Crippen molar-refractivity contribution < 1.29 is 9.53 Å². The summed E-state index contributed by atoms with van der Waals surface area (Å²) in [5.41, 5.74) is 6.84. The number of para-hydroxylation sites is 1. The molecule has 1 saturated carbocycles. The monoisotopic (exact) mass is 276 g/mol. The number of anilines is 1. The van der Waals surface area contributed by atoms with Gasteiger partial charge < -0.3 is 15.8 Å². The molecule has 0 saturated heterocycles. The highest BCUT2D eigenvalue weighted by Gasteiger charge is 2.29. The van der Waals surface area contributed by atoms with E-state index in [-0.39, 0.29) is 11.4 Å². The topological polar surface area (TPSA) is 64.3 Å². The summed E-state index contributed by atoms with van der Waals surface area (Å²) in [4.78, 5) is 12.0. The molecule has 2 rings (SSSR count). The van der Waals surface area contributed by atoms with Crippen molar-refractivity contribution >= 4 is 11.6 Å². The molecule has 1 aliphatic rings. The van der Waals surface area contributed by atoms with E-state index in [1.165, 1.54) is 6.42 Å². The zero-order valence-electron chi connectivity index (χ0n) is 12.1. The lowest BCUT2D eigenvalue weighted by molar-refractivity contribution is -0.127. The van der Waals surface area contributed by atoms with Crippen LogP contribution < -0.4 is 11.1 Å². The van der Waals surface area contributed by atoms with Gasteiger partial charge in [-0.2, -0.15) is 0 Å². The summed E-state index contributed by atoms with van der Waals surface area (Å²) in [5, 5.41) is 2.84. The van der Waals surface area contributed by atoms with E-state index in [0.717, 1.165) is 31.4 Å². The largest absolute Gasteiger partial charge is 0.367 e. The number of carbonyl (C=O) groups is 1. The second-order valence-corrected chi connectivity index (χ2v) is 5.73. The first-order valence-corrected chi connectivity index (χ1v) is 7.35. The number of hydrogen-bond acceptors (Lipinski definition) is 3. The predicted octanol–water partition coefficient (Wildman–Crippen LogP) is 2.69. The number of amides is 1. The van der Waals surface area contributed by atoms with Crippen molar-refractivity contribution in [1.82, 2.24) is 0 Å². The van der Waals surface area contributed by atoms with Crippen LogP contribution in [0.2, 0.25) is 0 Å². The van der Waals surface area contributed by atoms with E-state index in [0.29, 0.717) is 6.61 Å². The number of carbonyl (C=O) groups excluding carboxylic acids is 1. The van der Waals surface area contributed by atoms with Crippen LogP contribution in [0, 0.1) is 0 Å². The molecule has 4 nitrogen and oxygen atoms in total. The summed E-state index contributed by atoms with van der Waals surface area (Å²) in [6, 6.07) is 9.40. The third-order valence-electron chi connectivity index (χ3n) is 3.88. The first-order valence-electron chi connectivity index (χ1n) is 7.35. The maximum atomic E-state index is 12.0. The Hall–Kier alpha value is -1.39. The third-order valence-corrected chi connectivity index (χ3v) is 3.88. The summed E-state index contributed by atoms with van der Waals surface area (Å²) >= 11 is 0. The average Bonchev–Trinajstić information content (AvgIpc) is 2.46. The number of benzene rings is 1. The molecule has 4 heteroatoms. The Bertz CT molecular complexity index is 427. The normalized spacial score (nSPS) is 19.3. The van der Waals surface area contributed by atoms with Crippen molar-refractivity contribution in [3.63, 3.8) is 0 Å². The van der Waals surface area contributed by atoms with Gasteiger partial charge in [0, 0.05) is 11.2 Å². The average molecular weight is 276 g/mol. The van der Waals surface area contributed by atoms with Crippen LogP contribution in [0.3, 0.4) is 0 Å². The molecule has 1 aliphatic carbocycles. The summed E-state index contributed by atoms with van der Waals surface area (Å²) < 4.78 is 5.68. The molecule has 0 aromatic heterocycles. The van der Waals surface area contributed by atoms with Crippen molar-refractivity contribution in [3.8, 4) is 0 Å². The smallest absolute Gasteiger partial charge is 0.253 e. The molecule has 1 atom stereocenters. The zero-order valence-corrected chi connectivity index (χ0v) is 12.1. The maximum Gasteiger partial charge on any atom is 0.253 e. The predicted molar refractivity (Wildman–Crippen MR) is 80.5 cm³/mol. The van der Waals surface area contributed by atoms with E-state index in [2.05, 4.69) is 5.32 Å². The van der Waals surface area contributed by atoms with Crippen LogP contribution >= 0.6 is 0 Å². The van der Waals surface area contributed by atoms with Gasteiger partial charge in [0.2, 0.25) is 0 Å². The first-order chi connectivity index (χ1) is 9.59. The number of rotatable bonds is 5. The van der Waals surface area contributed by atoms with Gasteiger partial charge in [-0.25, -0.2) is 0 Å². The van der Waals surface area contributed by atoms with E-state index in [9.17, 15) is 4.79 Å². The second kappa shape index (κ2) is 6.86. The van der Waals surface area contributed by atoms with Crippen LogP contribution in [0.25, 0.3) is 0 Å². The van der Waals surface area contributed by atoms with Crippen LogP contribution in [0.4, 0.5) is 5.69 Å². The van der Waals surface area contributed by atoms with Gasteiger partial charge in [-0.15, -0.1) is 0 Å². The standard InChI is InChI=1S/C16H24N2O2/c1-13(15(19)18-14-8-4-2-5-9-14)20-12-16(17)10-6-3-7-11-16/h2,4-5,8-9,13H,3,6-7,10-12,17H2,1H3,(H,18,19). The van der Waals surface area contributed by atoms with E-state index in [4.69, 9.17) is 10.5 Å². The molecular weight excluding hydrogens is 252 g/mol. The SMILES string of the molecule is CC(OCC1(N)CCCCC1)C(=O)Nc1ccccc1. The van der Waals surface area contributed by atoms with Crippen molar-refractivity contribution in [2.45, 2.75) is 50.7 Å². The minimum Gasteiger partial charge on any atom is -0.367 e. The molecular formula is C16H24N2O2. The molecule has 0 aliphatic heterocycles. The molecule has 3 N–H and O–H groups in total. The number of nitrogens with two attached hydrogens (primary N) is 1. The van der Waals surface area contributed by atoms with Crippen LogP contribution in [-0.4, -0.2) is 24.2 Å². The highest BCUT2D eigenvalue weighted by atomic mass is 16.5. The molecule has 0 heterocycles. The Morgan fingerprint density at radius 3 is 2.60 bits per heavy atom. The van der Waals surface area contributed by atoms with Crippen LogP contribution in [0.1, 0.15) is 39.0 Å². The Balaban J connectivity index is 1.79. The Morgan fingerprint density at radius 1 is 1.30 bits per heavy atom. The number of nitrogens with one attached hydrogen (secondary N) is 1.